The van der Waals surface area contributed by atoms with Gasteiger partial charge in [-0.25, -0.2) is 0 Å². The second kappa shape index (κ2) is 4.58. The standard InChI is InChI=1S/C10H20NP/c1-2-6-10(7-3-1)12-9-5-4-8-11-12/h10-11H,1-9H2. The molecule has 0 aromatic heterocycles. The van der Waals surface area contributed by atoms with Gasteiger partial charge in [0.1, 0.15) is 0 Å². The van der Waals surface area contributed by atoms with E-state index in [2.05, 4.69) is 5.09 Å². The van der Waals surface area contributed by atoms with Crippen molar-refractivity contribution in [3.05, 3.63) is 0 Å². The minimum atomic E-state index is 0.260. The third-order valence-electron chi connectivity index (χ3n) is 3.16. The molecule has 1 aliphatic heterocycles. The van der Waals surface area contributed by atoms with Gasteiger partial charge in [-0.15, -0.1) is 0 Å². The first-order valence-electron chi connectivity index (χ1n) is 5.47. The molecule has 0 bridgehead atoms. The van der Waals surface area contributed by atoms with Crippen LogP contribution in [-0.2, 0) is 0 Å². The molecule has 1 saturated carbocycles. The molecule has 70 valence electrons. The van der Waals surface area contributed by atoms with Gasteiger partial charge in [-0.3, -0.25) is 5.09 Å². The van der Waals surface area contributed by atoms with Crippen LogP contribution in [0.2, 0.25) is 0 Å². The van der Waals surface area contributed by atoms with Gasteiger partial charge in [0, 0.05) is 0 Å². The van der Waals surface area contributed by atoms with Crippen LogP contribution in [0.5, 0.6) is 0 Å². The molecule has 2 rings (SSSR count). The largest absolute Gasteiger partial charge is 0.295 e. The molecule has 1 heterocycles. The first kappa shape index (κ1) is 8.97. The van der Waals surface area contributed by atoms with Crippen molar-refractivity contribution in [1.29, 1.82) is 0 Å². The van der Waals surface area contributed by atoms with Crippen molar-refractivity contribution in [3.63, 3.8) is 0 Å². The minimum absolute atomic E-state index is 0.260. The zero-order valence-corrected chi connectivity index (χ0v) is 8.78. The van der Waals surface area contributed by atoms with Gasteiger partial charge < -0.3 is 0 Å². The Kier molecular flexibility index (Phi) is 3.42. The summed E-state index contributed by atoms with van der Waals surface area (Å²) in [4.78, 5) is 0. The van der Waals surface area contributed by atoms with E-state index >= 15 is 0 Å². The molecule has 1 N–H and O–H groups in total. The molecule has 1 saturated heterocycles. The topological polar surface area (TPSA) is 12.0 Å². The highest BCUT2D eigenvalue weighted by Gasteiger charge is 2.24. The first-order valence-corrected chi connectivity index (χ1v) is 7.06. The number of rotatable bonds is 1. The molecule has 12 heavy (non-hydrogen) atoms. The van der Waals surface area contributed by atoms with Gasteiger partial charge in [-0.05, 0) is 52.1 Å². The molecule has 1 nitrogen and oxygen atoms in total. The third kappa shape index (κ3) is 2.20. The van der Waals surface area contributed by atoms with Crippen molar-refractivity contribution in [3.8, 4) is 0 Å². The van der Waals surface area contributed by atoms with E-state index in [1.807, 2.05) is 0 Å². The van der Waals surface area contributed by atoms with Crippen molar-refractivity contribution in [2.24, 2.45) is 0 Å². The predicted molar refractivity (Wildman–Crippen MR) is 55.9 cm³/mol. The van der Waals surface area contributed by atoms with E-state index in [0.717, 1.165) is 5.66 Å². The summed E-state index contributed by atoms with van der Waals surface area (Å²) >= 11 is 0. The molecule has 0 aromatic rings. The van der Waals surface area contributed by atoms with Crippen molar-refractivity contribution < 1.29 is 0 Å². The highest BCUT2D eigenvalue weighted by Crippen LogP contribution is 2.46. The van der Waals surface area contributed by atoms with Crippen LogP contribution in [0.25, 0.3) is 0 Å². The van der Waals surface area contributed by atoms with Gasteiger partial charge in [0.2, 0.25) is 0 Å². The SMILES string of the molecule is C1CCC(P2CCCCN2)CC1. The van der Waals surface area contributed by atoms with Gasteiger partial charge in [0.25, 0.3) is 0 Å². The molecule has 0 spiro atoms. The van der Waals surface area contributed by atoms with Crippen LogP contribution in [0, 0.1) is 0 Å². The van der Waals surface area contributed by atoms with Crippen molar-refractivity contribution in [2.75, 3.05) is 12.7 Å². The lowest BCUT2D eigenvalue weighted by Gasteiger charge is -2.33. The Labute approximate surface area is 77.1 Å². The maximum absolute atomic E-state index is 3.75. The lowest BCUT2D eigenvalue weighted by atomic mass is 10.0. The molecule has 1 aliphatic carbocycles. The minimum Gasteiger partial charge on any atom is -0.295 e. The van der Waals surface area contributed by atoms with E-state index in [4.69, 9.17) is 0 Å². The molecule has 2 aliphatic rings. The van der Waals surface area contributed by atoms with E-state index in [-0.39, 0.29) is 8.07 Å². The maximum atomic E-state index is 3.75. The summed E-state index contributed by atoms with van der Waals surface area (Å²) in [6.07, 6.45) is 12.0. The Bertz CT molecular complexity index is 110. The maximum Gasteiger partial charge on any atom is -0.000974 e. The van der Waals surface area contributed by atoms with E-state index in [0.29, 0.717) is 0 Å². The summed E-state index contributed by atoms with van der Waals surface area (Å²) in [6.45, 7) is 1.31. The Hall–Kier alpha value is 0.390. The highest BCUT2D eigenvalue weighted by molar-refractivity contribution is 7.56. The van der Waals surface area contributed by atoms with Crippen LogP contribution in [-0.4, -0.2) is 18.4 Å². The fourth-order valence-electron chi connectivity index (χ4n) is 2.41. The molecular weight excluding hydrogens is 165 g/mol. The molecule has 2 fully saturated rings. The van der Waals surface area contributed by atoms with E-state index < -0.39 is 0 Å². The zero-order chi connectivity index (χ0) is 8.23. The van der Waals surface area contributed by atoms with E-state index in [1.165, 1.54) is 57.7 Å². The Morgan fingerprint density at radius 3 is 2.42 bits per heavy atom. The van der Waals surface area contributed by atoms with Gasteiger partial charge >= 0.3 is 0 Å². The highest BCUT2D eigenvalue weighted by atomic mass is 31.1. The van der Waals surface area contributed by atoms with E-state index in [9.17, 15) is 0 Å². The van der Waals surface area contributed by atoms with Gasteiger partial charge in [0.15, 0.2) is 0 Å². The van der Waals surface area contributed by atoms with Crippen LogP contribution in [0.15, 0.2) is 0 Å². The molecule has 0 aromatic carbocycles. The second-order valence-corrected chi connectivity index (χ2v) is 6.53. The summed E-state index contributed by atoms with van der Waals surface area (Å²) in [5.74, 6) is 0. The molecule has 0 amide bonds. The van der Waals surface area contributed by atoms with Crippen molar-refractivity contribution >= 4 is 8.07 Å². The smallest absolute Gasteiger partial charge is 0.000974 e. The predicted octanol–water partition coefficient (Wildman–Crippen LogP) is 3.10. The number of hydrogen-bond acceptors (Lipinski definition) is 1. The average molecular weight is 185 g/mol. The quantitative estimate of drug-likeness (QED) is 0.619. The fraction of sp³-hybridized carbons (Fsp3) is 1.00. The number of nitrogens with one attached hydrogen (secondary N) is 1. The van der Waals surface area contributed by atoms with Gasteiger partial charge in [-0.2, -0.15) is 0 Å². The summed E-state index contributed by atoms with van der Waals surface area (Å²) < 4.78 is 0. The molecule has 2 heteroatoms. The lowest BCUT2D eigenvalue weighted by molar-refractivity contribution is 0.505. The Balaban J connectivity index is 1.80. The van der Waals surface area contributed by atoms with Crippen LogP contribution in [0.1, 0.15) is 44.9 Å². The Morgan fingerprint density at radius 2 is 1.75 bits per heavy atom. The van der Waals surface area contributed by atoms with E-state index in [1.54, 1.807) is 0 Å². The summed E-state index contributed by atoms with van der Waals surface area (Å²) in [5, 5.41) is 3.75. The normalized spacial score (nSPS) is 33.5. The number of hydrogen-bond donors (Lipinski definition) is 1. The molecule has 1 atom stereocenters. The van der Waals surface area contributed by atoms with Crippen LogP contribution < -0.4 is 5.09 Å². The van der Waals surface area contributed by atoms with Crippen LogP contribution >= 0.6 is 8.07 Å². The lowest BCUT2D eigenvalue weighted by Crippen LogP contribution is -2.25. The molecule has 0 radical (unpaired) electrons. The summed E-state index contributed by atoms with van der Waals surface area (Å²) in [7, 11) is 0.260. The Morgan fingerprint density at radius 1 is 0.917 bits per heavy atom. The van der Waals surface area contributed by atoms with Gasteiger partial charge in [0.05, 0.1) is 0 Å². The second-order valence-electron chi connectivity index (χ2n) is 4.10. The summed E-state index contributed by atoms with van der Waals surface area (Å²) in [5.41, 5.74) is 1.09. The summed E-state index contributed by atoms with van der Waals surface area (Å²) in [6, 6.07) is 0. The fourth-order valence-corrected chi connectivity index (χ4v) is 5.19. The zero-order valence-electron chi connectivity index (χ0n) is 7.89. The van der Waals surface area contributed by atoms with Gasteiger partial charge in [-0.1, -0.05) is 19.3 Å². The molecule has 1 unspecified atom stereocenters. The van der Waals surface area contributed by atoms with Crippen LogP contribution in [0.4, 0.5) is 0 Å². The monoisotopic (exact) mass is 185 g/mol. The average Bonchev–Trinajstić information content (AvgIpc) is 2.21. The first-order chi connectivity index (χ1) is 5.97. The molecular formula is C10H20NP. The van der Waals surface area contributed by atoms with Crippen molar-refractivity contribution in [1.82, 2.24) is 5.09 Å². The third-order valence-corrected chi connectivity index (χ3v) is 5.98. The van der Waals surface area contributed by atoms with Crippen LogP contribution in [0.3, 0.4) is 0 Å². The van der Waals surface area contributed by atoms with Crippen molar-refractivity contribution in [2.45, 2.75) is 50.6 Å².